The number of nitrogens with zero attached hydrogens (tertiary/aromatic N) is 1. The second kappa shape index (κ2) is 5.00. The lowest BCUT2D eigenvalue weighted by Crippen LogP contribution is -2.29. The summed E-state index contributed by atoms with van der Waals surface area (Å²) in [6, 6.07) is 15.4. The fourth-order valence-corrected chi connectivity index (χ4v) is 2.70. The Labute approximate surface area is 118 Å². The summed E-state index contributed by atoms with van der Waals surface area (Å²) in [6.07, 6.45) is 0. The van der Waals surface area contributed by atoms with Crippen LogP contribution in [0.5, 0.6) is 5.75 Å². The molecule has 0 N–H and O–H groups in total. The van der Waals surface area contributed by atoms with Crippen molar-refractivity contribution in [1.82, 2.24) is 0 Å². The number of methoxy groups -OCH3 is 1. The number of anilines is 1. The second-order valence-electron chi connectivity index (χ2n) is 5.10. The summed E-state index contributed by atoms with van der Waals surface area (Å²) in [5.74, 6) is 1.19. The molecule has 3 nitrogen and oxygen atoms in total. The van der Waals surface area contributed by atoms with Crippen LogP contribution in [0, 0.1) is 0 Å². The van der Waals surface area contributed by atoms with Crippen molar-refractivity contribution in [2.45, 2.75) is 12.8 Å². The third-order valence-electron chi connectivity index (χ3n) is 3.80. The molecular formula is C17H17NO2. The van der Waals surface area contributed by atoms with Crippen LogP contribution in [0.25, 0.3) is 0 Å². The zero-order valence-electron chi connectivity index (χ0n) is 11.7. The summed E-state index contributed by atoms with van der Waals surface area (Å²) in [4.78, 5) is 14.5. The second-order valence-corrected chi connectivity index (χ2v) is 5.10. The fraction of sp³-hybridized carbons (Fsp3) is 0.235. The van der Waals surface area contributed by atoms with Crippen molar-refractivity contribution in [2.24, 2.45) is 0 Å². The number of benzene rings is 2. The van der Waals surface area contributed by atoms with E-state index in [-0.39, 0.29) is 5.91 Å². The Hall–Kier alpha value is -2.29. The largest absolute Gasteiger partial charge is 0.497 e. The number of hydrogen-bond acceptors (Lipinski definition) is 2. The van der Waals surface area contributed by atoms with Crippen LogP contribution >= 0.6 is 0 Å². The van der Waals surface area contributed by atoms with E-state index >= 15 is 0 Å². The van der Waals surface area contributed by atoms with E-state index in [0.717, 1.165) is 18.0 Å². The van der Waals surface area contributed by atoms with Gasteiger partial charge in [-0.25, -0.2) is 0 Å². The molecule has 1 amide bonds. The van der Waals surface area contributed by atoms with Crippen molar-refractivity contribution >= 4 is 11.6 Å². The van der Waals surface area contributed by atoms with Crippen molar-refractivity contribution in [3.63, 3.8) is 0 Å². The summed E-state index contributed by atoms with van der Waals surface area (Å²) in [7, 11) is 1.62. The topological polar surface area (TPSA) is 29.5 Å². The van der Waals surface area contributed by atoms with E-state index in [4.69, 9.17) is 4.74 Å². The third kappa shape index (κ3) is 2.05. The van der Waals surface area contributed by atoms with Crippen molar-refractivity contribution in [2.75, 3.05) is 18.6 Å². The van der Waals surface area contributed by atoms with Crippen molar-refractivity contribution in [3.8, 4) is 5.75 Å². The maximum Gasteiger partial charge on any atom is 0.258 e. The Morgan fingerprint density at radius 1 is 1.15 bits per heavy atom. The molecule has 1 unspecified atom stereocenters. The van der Waals surface area contributed by atoms with Gasteiger partial charge in [0, 0.05) is 23.7 Å². The minimum absolute atomic E-state index is 0.0458. The molecule has 0 saturated heterocycles. The molecule has 0 fully saturated rings. The number of ether oxygens (including phenoxy) is 1. The van der Waals surface area contributed by atoms with Gasteiger partial charge in [0.1, 0.15) is 5.75 Å². The lowest BCUT2D eigenvalue weighted by molar-refractivity contribution is 0.0988. The first-order chi connectivity index (χ1) is 9.70. The van der Waals surface area contributed by atoms with Gasteiger partial charge in [-0.2, -0.15) is 0 Å². The number of fused-ring (bicyclic) bond motifs is 1. The number of amides is 1. The Balaban J connectivity index is 1.92. The van der Waals surface area contributed by atoms with E-state index in [1.165, 1.54) is 5.56 Å². The molecule has 1 heterocycles. The standard InChI is InChI=1S/C17H17NO2/c1-12-11-18(16-6-4-3-5-15(12)16)17(19)13-7-9-14(20-2)10-8-13/h3-10,12H,11H2,1-2H3. The number of carbonyl (C=O) groups excluding carboxylic acids is 1. The zero-order chi connectivity index (χ0) is 14.1. The van der Waals surface area contributed by atoms with Crippen LogP contribution in [0.2, 0.25) is 0 Å². The minimum Gasteiger partial charge on any atom is -0.497 e. The van der Waals surface area contributed by atoms with Crippen molar-refractivity contribution in [3.05, 3.63) is 59.7 Å². The highest BCUT2D eigenvalue weighted by Gasteiger charge is 2.29. The first kappa shape index (κ1) is 12.7. The summed E-state index contributed by atoms with van der Waals surface area (Å²) in [5.41, 5.74) is 2.96. The molecule has 0 spiro atoms. The Morgan fingerprint density at radius 2 is 1.85 bits per heavy atom. The number of para-hydroxylation sites is 1. The predicted octanol–water partition coefficient (Wildman–Crippen LogP) is 3.46. The van der Waals surface area contributed by atoms with Crippen molar-refractivity contribution < 1.29 is 9.53 Å². The fourth-order valence-electron chi connectivity index (χ4n) is 2.70. The van der Waals surface area contributed by atoms with Gasteiger partial charge in [0.25, 0.3) is 5.91 Å². The maximum atomic E-state index is 12.6. The Bertz CT molecular complexity index is 634. The highest BCUT2D eigenvalue weighted by molar-refractivity contribution is 6.07. The van der Waals surface area contributed by atoms with Crippen LogP contribution in [0.3, 0.4) is 0 Å². The monoisotopic (exact) mass is 267 g/mol. The van der Waals surface area contributed by atoms with Crippen LogP contribution in [-0.2, 0) is 0 Å². The molecular weight excluding hydrogens is 250 g/mol. The maximum absolute atomic E-state index is 12.6. The minimum atomic E-state index is 0.0458. The van der Waals surface area contributed by atoms with Gasteiger partial charge in [0.15, 0.2) is 0 Å². The van der Waals surface area contributed by atoms with E-state index in [0.29, 0.717) is 11.5 Å². The zero-order valence-corrected chi connectivity index (χ0v) is 11.7. The van der Waals surface area contributed by atoms with E-state index in [9.17, 15) is 4.79 Å². The summed E-state index contributed by atoms with van der Waals surface area (Å²) in [5, 5.41) is 0. The molecule has 102 valence electrons. The molecule has 2 aromatic carbocycles. The molecule has 0 radical (unpaired) electrons. The van der Waals surface area contributed by atoms with E-state index in [2.05, 4.69) is 13.0 Å². The summed E-state index contributed by atoms with van der Waals surface area (Å²) in [6.45, 7) is 2.89. The molecule has 0 aromatic heterocycles. The van der Waals surface area contributed by atoms with Crippen LogP contribution < -0.4 is 9.64 Å². The number of rotatable bonds is 2. The lowest BCUT2D eigenvalue weighted by atomic mass is 10.0. The van der Waals surface area contributed by atoms with Gasteiger partial charge in [-0.05, 0) is 35.9 Å². The molecule has 0 aliphatic carbocycles. The molecule has 1 aliphatic heterocycles. The average molecular weight is 267 g/mol. The van der Waals surface area contributed by atoms with E-state index in [1.807, 2.05) is 47.4 Å². The van der Waals surface area contributed by atoms with Crippen molar-refractivity contribution in [1.29, 1.82) is 0 Å². The first-order valence-electron chi connectivity index (χ1n) is 6.75. The summed E-state index contributed by atoms with van der Waals surface area (Å²) >= 11 is 0. The molecule has 0 saturated carbocycles. The summed E-state index contributed by atoms with van der Waals surface area (Å²) < 4.78 is 5.12. The molecule has 3 rings (SSSR count). The highest BCUT2D eigenvalue weighted by Crippen LogP contribution is 2.36. The van der Waals surface area contributed by atoms with Gasteiger partial charge in [-0.3, -0.25) is 4.79 Å². The molecule has 3 heteroatoms. The van der Waals surface area contributed by atoms with Gasteiger partial charge in [-0.15, -0.1) is 0 Å². The SMILES string of the molecule is COc1ccc(C(=O)N2CC(C)c3ccccc32)cc1. The highest BCUT2D eigenvalue weighted by atomic mass is 16.5. The van der Waals surface area contributed by atoms with Gasteiger partial charge in [0.2, 0.25) is 0 Å². The lowest BCUT2D eigenvalue weighted by Gasteiger charge is -2.17. The van der Waals surface area contributed by atoms with Crippen LogP contribution in [0.15, 0.2) is 48.5 Å². The Kier molecular flexibility index (Phi) is 3.18. The van der Waals surface area contributed by atoms with Crippen LogP contribution in [0.4, 0.5) is 5.69 Å². The Morgan fingerprint density at radius 3 is 2.55 bits per heavy atom. The third-order valence-corrected chi connectivity index (χ3v) is 3.80. The normalized spacial score (nSPS) is 16.9. The molecule has 0 bridgehead atoms. The quantitative estimate of drug-likeness (QED) is 0.834. The molecule has 20 heavy (non-hydrogen) atoms. The predicted molar refractivity (Wildman–Crippen MR) is 79.5 cm³/mol. The molecule has 1 aliphatic rings. The van der Waals surface area contributed by atoms with E-state index < -0.39 is 0 Å². The van der Waals surface area contributed by atoms with Gasteiger partial charge in [-0.1, -0.05) is 25.1 Å². The van der Waals surface area contributed by atoms with Gasteiger partial charge in [0.05, 0.1) is 7.11 Å². The van der Waals surface area contributed by atoms with Crippen LogP contribution in [-0.4, -0.2) is 19.6 Å². The number of carbonyl (C=O) groups is 1. The number of hydrogen-bond donors (Lipinski definition) is 0. The van der Waals surface area contributed by atoms with Crippen LogP contribution in [0.1, 0.15) is 28.8 Å². The average Bonchev–Trinajstić information content (AvgIpc) is 2.84. The smallest absolute Gasteiger partial charge is 0.258 e. The molecule has 2 aromatic rings. The molecule has 1 atom stereocenters. The van der Waals surface area contributed by atoms with Gasteiger partial charge < -0.3 is 9.64 Å². The van der Waals surface area contributed by atoms with Gasteiger partial charge >= 0.3 is 0 Å². The van der Waals surface area contributed by atoms with E-state index in [1.54, 1.807) is 7.11 Å². The first-order valence-corrected chi connectivity index (χ1v) is 6.75.